The molecule has 0 radical (unpaired) electrons. The van der Waals surface area contributed by atoms with Gasteiger partial charge in [-0.1, -0.05) is 64.5 Å². The van der Waals surface area contributed by atoms with Crippen LogP contribution in [0, 0.1) is 0 Å². The Hall–Kier alpha value is -2.24. The van der Waals surface area contributed by atoms with Crippen molar-refractivity contribution in [3.05, 3.63) is 76.3 Å². The zero-order valence-electron chi connectivity index (χ0n) is 13.1. The molecule has 124 valence electrons. The predicted octanol–water partition coefficient (Wildman–Crippen LogP) is 3.64. The molecule has 0 amide bonds. The minimum absolute atomic E-state index is 0.354. The SMILES string of the molecule is COC(=O)[C@](O)(/C=C/c1ccccc1)CC(=O)c1ccc(Br)cc1. The summed E-state index contributed by atoms with van der Waals surface area (Å²) in [5.41, 5.74) is -0.807. The second-order valence-corrected chi connectivity index (χ2v) is 6.18. The van der Waals surface area contributed by atoms with Crippen LogP contribution in [0.4, 0.5) is 0 Å². The summed E-state index contributed by atoms with van der Waals surface area (Å²) in [6.45, 7) is 0. The maximum atomic E-state index is 12.4. The van der Waals surface area contributed by atoms with Gasteiger partial charge in [0.05, 0.1) is 13.5 Å². The highest BCUT2D eigenvalue weighted by Crippen LogP contribution is 2.21. The maximum Gasteiger partial charge on any atom is 0.342 e. The molecule has 0 fully saturated rings. The fourth-order valence-electron chi connectivity index (χ4n) is 2.16. The van der Waals surface area contributed by atoms with E-state index in [0.29, 0.717) is 5.56 Å². The normalized spacial score (nSPS) is 13.5. The Morgan fingerprint density at radius 1 is 1.12 bits per heavy atom. The van der Waals surface area contributed by atoms with Gasteiger partial charge in [-0.05, 0) is 23.8 Å². The number of rotatable bonds is 6. The summed E-state index contributed by atoms with van der Waals surface area (Å²) in [5, 5.41) is 10.6. The van der Waals surface area contributed by atoms with Gasteiger partial charge in [0, 0.05) is 10.0 Å². The molecule has 5 heteroatoms. The van der Waals surface area contributed by atoms with Crippen LogP contribution in [0.1, 0.15) is 22.3 Å². The van der Waals surface area contributed by atoms with Crippen molar-refractivity contribution in [1.29, 1.82) is 0 Å². The summed E-state index contributed by atoms with van der Waals surface area (Å²) >= 11 is 3.30. The van der Waals surface area contributed by atoms with Crippen LogP contribution in [0.5, 0.6) is 0 Å². The summed E-state index contributed by atoms with van der Waals surface area (Å²) < 4.78 is 5.50. The number of hydrogen-bond donors (Lipinski definition) is 1. The zero-order chi connectivity index (χ0) is 17.6. The number of esters is 1. The van der Waals surface area contributed by atoms with Gasteiger partial charge in [0.2, 0.25) is 0 Å². The fourth-order valence-corrected chi connectivity index (χ4v) is 2.42. The standard InChI is InChI=1S/C19H17BrO4/c1-24-18(22)19(23,12-11-14-5-3-2-4-6-14)13-17(21)15-7-9-16(20)10-8-15/h2-12,23H,13H2,1H3/b12-11+/t19-/m0/s1. The zero-order valence-corrected chi connectivity index (χ0v) is 14.7. The van der Waals surface area contributed by atoms with Gasteiger partial charge in [-0.2, -0.15) is 0 Å². The number of methoxy groups -OCH3 is 1. The third-order valence-corrected chi connectivity index (χ3v) is 4.01. The molecule has 0 aromatic heterocycles. The number of carbonyl (C=O) groups is 2. The molecule has 0 aliphatic heterocycles. The first-order valence-corrected chi connectivity index (χ1v) is 8.08. The number of halogens is 1. The van der Waals surface area contributed by atoms with E-state index in [1.807, 2.05) is 30.3 Å². The van der Waals surface area contributed by atoms with Crippen molar-refractivity contribution in [2.75, 3.05) is 7.11 Å². The molecule has 0 aliphatic carbocycles. The number of ketones is 1. The Labute approximate surface area is 148 Å². The van der Waals surface area contributed by atoms with E-state index in [2.05, 4.69) is 20.7 Å². The van der Waals surface area contributed by atoms with Crippen molar-refractivity contribution in [1.82, 2.24) is 0 Å². The second kappa shape index (κ2) is 8.04. The molecular weight excluding hydrogens is 372 g/mol. The molecule has 0 heterocycles. The molecule has 0 spiro atoms. The van der Waals surface area contributed by atoms with Crippen LogP contribution in [-0.4, -0.2) is 29.6 Å². The largest absolute Gasteiger partial charge is 0.467 e. The highest BCUT2D eigenvalue weighted by atomic mass is 79.9. The van der Waals surface area contributed by atoms with Crippen molar-refractivity contribution in [2.24, 2.45) is 0 Å². The molecule has 0 unspecified atom stereocenters. The van der Waals surface area contributed by atoms with Crippen LogP contribution < -0.4 is 0 Å². The number of Topliss-reactive ketones (excluding diaryl/α,β-unsaturated/α-hetero) is 1. The lowest BCUT2D eigenvalue weighted by atomic mass is 9.92. The molecule has 0 aliphatic rings. The van der Waals surface area contributed by atoms with E-state index in [4.69, 9.17) is 0 Å². The van der Waals surface area contributed by atoms with E-state index in [1.54, 1.807) is 30.3 Å². The first kappa shape index (κ1) is 18.1. The fraction of sp³-hybridized carbons (Fsp3) is 0.158. The molecule has 4 nitrogen and oxygen atoms in total. The Morgan fingerprint density at radius 3 is 2.33 bits per heavy atom. The maximum absolute atomic E-state index is 12.4. The average molecular weight is 389 g/mol. The molecular formula is C19H17BrO4. The van der Waals surface area contributed by atoms with Crippen molar-refractivity contribution in [3.63, 3.8) is 0 Å². The Balaban J connectivity index is 2.24. The third-order valence-electron chi connectivity index (χ3n) is 3.49. The highest BCUT2D eigenvalue weighted by Gasteiger charge is 2.37. The highest BCUT2D eigenvalue weighted by molar-refractivity contribution is 9.10. The van der Waals surface area contributed by atoms with E-state index < -0.39 is 18.0 Å². The Morgan fingerprint density at radius 2 is 1.75 bits per heavy atom. The van der Waals surface area contributed by atoms with Crippen molar-refractivity contribution >= 4 is 33.8 Å². The van der Waals surface area contributed by atoms with Crippen LogP contribution in [0.3, 0.4) is 0 Å². The number of hydrogen-bond acceptors (Lipinski definition) is 4. The van der Waals surface area contributed by atoms with Gasteiger partial charge in [0.25, 0.3) is 0 Å². The minimum Gasteiger partial charge on any atom is -0.467 e. The van der Waals surface area contributed by atoms with Gasteiger partial charge in [-0.15, -0.1) is 0 Å². The molecule has 2 aromatic rings. The van der Waals surface area contributed by atoms with E-state index in [9.17, 15) is 14.7 Å². The van der Waals surface area contributed by atoms with Crippen LogP contribution >= 0.6 is 15.9 Å². The van der Waals surface area contributed by atoms with E-state index in [-0.39, 0.29) is 5.78 Å². The number of carbonyl (C=O) groups excluding carboxylic acids is 2. The molecule has 2 aromatic carbocycles. The van der Waals surface area contributed by atoms with E-state index >= 15 is 0 Å². The monoisotopic (exact) mass is 388 g/mol. The lowest BCUT2D eigenvalue weighted by Crippen LogP contribution is -2.39. The van der Waals surface area contributed by atoms with Gasteiger partial charge in [-0.25, -0.2) is 4.79 Å². The van der Waals surface area contributed by atoms with Crippen LogP contribution in [-0.2, 0) is 9.53 Å². The molecule has 0 saturated carbocycles. The molecule has 0 saturated heterocycles. The summed E-state index contributed by atoms with van der Waals surface area (Å²) in [4.78, 5) is 24.4. The topological polar surface area (TPSA) is 63.6 Å². The summed E-state index contributed by atoms with van der Waals surface area (Å²) in [6, 6.07) is 15.9. The predicted molar refractivity (Wildman–Crippen MR) is 95.5 cm³/mol. The minimum atomic E-state index is -2.02. The van der Waals surface area contributed by atoms with Gasteiger partial charge in [0.15, 0.2) is 11.4 Å². The van der Waals surface area contributed by atoms with Crippen LogP contribution in [0.15, 0.2) is 65.1 Å². The molecule has 0 bridgehead atoms. The molecule has 2 rings (SSSR count). The second-order valence-electron chi connectivity index (χ2n) is 5.27. The lowest BCUT2D eigenvalue weighted by molar-refractivity contribution is -0.156. The van der Waals surface area contributed by atoms with Gasteiger partial charge >= 0.3 is 5.97 Å². The smallest absolute Gasteiger partial charge is 0.342 e. The van der Waals surface area contributed by atoms with Crippen molar-refractivity contribution in [2.45, 2.75) is 12.0 Å². The quantitative estimate of drug-likeness (QED) is 0.605. The van der Waals surface area contributed by atoms with E-state index in [1.165, 1.54) is 13.2 Å². The van der Waals surface area contributed by atoms with Crippen LogP contribution in [0.2, 0.25) is 0 Å². The summed E-state index contributed by atoms with van der Waals surface area (Å²) in [6.07, 6.45) is 2.49. The first-order valence-electron chi connectivity index (χ1n) is 7.28. The lowest BCUT2D eigenvalue weighted by Gasteiger charge is -2.21. The van der Waals surface area contributed by atoms with Crippen LogP contribution in [0.25, 0.3) is 6.08 Å². The Bertz CT molecular complexity index is 738. The first-order chi connectivity index (χ1) is 11.4. The van der Waals surface area contributed by atoms with Crippen molar-refractivity contribution < 1.29 is 19.4 Å². The van der Waals surface area contributed by atoms with Gasteiger partial charge < -0.3 is 9.84 Å². The number of aliphatic hydroxyl groups is 1. The van der Waals surface area contributed by atoms with Gasteiger partial charge in [0.1, 0.15) is 0 Å². The Kier molecular flexibility index (Phi) is 6.06. The molecule has 1 N–H and O–H groups in total. The number of benzene rings is 2. The van der Waals surface area contributed by atoms with E-state index in [0.717, 1.165) is 10.0 Å². The number of ether oxygens (including phenoxy) is 1. The average Bonchev–Trinajstić information content (AvgIpc) is 2.60. The third kappa shape index (κ3) is 4.63. The molecule has 1 atom stereocenters. The summed E-state index contributed by atoms with van der Waals surface area (Å²) in [7, 11) is 1.17. The van der Waals surface area contributed by atoms with Crippen molar-refractivity contribution in [3.8, 4) is 0 Å². The van der Waals surface area contributed by atoms with Gasteiger partial charge in [-0.3, -0.25) is 4.79 Å². The summed E-state index contributed by atoms with van der Waals surface area (Å²) in [5.74, 6) is -1.23. The molecule has 24 heavy (non-hydrogen) atoms.